The van der Waals surface area contributed by atoms with Gasteiger partial charge in [0.05, 0.1) is 6.61 Å². The largest absolute Gasteiger partial charge is 0.395 e. The van der Waals surface area contributed by atoms with Crippen molar-refractivity contribution in [2.24, 2.45) is 0 Å². The zero-order chi connectivity index (χ0) is 12.0. The molecule has 0 unspecified atom stereocenters. The summed E-state index contributed by atoms with van der Waals surface area (Å²) in [4.78, 5) is 11.5. The van der Waals surface area contributed by atoms with Crippen molar-refractivity contribution in [2.75, 3.05) is 18.9 Å². The second-order valence-electron chi connectivity index (χ2n) is 3.17. The molecule has 6 heteroatoms. The van der Waals surface area contributed by atoms with Gasteiger partial charge in [-0.05, 0) is 0 Å². The number of ketones is 1. The summed E-state index contributed by atoms with van der Waals surface area (Å²) in [5, 5.41) is 8.47. The van der Waals surface area contributed by atoms with E-state index < -0.39 is 21.6 Å². The molecular weight excluding hydrogens is 230 g/mol. The molecule has 0 atom stereocenters. The van der Waals surface area contributed by atoms with Gasteiger partial charge in [0.2, 0.25) is 10.0 Å². The first kappa shape index (κ1) is 12.8. The van der Waals surface area contributed by atoms with E-state index in [2.05, 4.69) is 4.72 Å². The van der Waals surface area contributed by atoms with Gasteiger partial charge in [-0.2, -0.15) is 0 Å². The number of carbonyl (C=O) groups is 1. The fraction of sp³-hybridized carbons (Fsp3) is 0.300. The van der Waals surface area contributed by atoms with Crippen molar-refractivity contribution < 1.29 is 18.3 Å². The van der Waals surface area contributed by atoms with E-state index in [-0.39, 0.29) is 13.2 Å². The minimum Gasteiger partial charge on any atom is -0.395 e. The Kier molecular flexibility index (Phi) is 4.60. The van der Waals surface area contributed by atoms with Crippen molar-refractivity contribution in [3.8, 4) is 0 Å². The molecule has 0 heterocycles. The minimum absolute atomic E-state index is 0.0790. The summed E-state index contributed by atoms with van der Waals surface area (Å²) in [5.41, 5.74) is 0.358. The lowest BCUT2D eigenvalue weighted by molar-refractivity contribution is 0.102. The summed E-state index contributed by atoms with van der Waals surface area (Å²) in [6.07, 6.45) is 0. The highest BCUT2D eigenvalue weighted by Gasteiger charge is 2.16. The Morgan fingerprint density at radius 3 is 2.44 bits per heavy atom. The molecule has 0 fully saturated rings. The fourth-order valence-electron chi connectivity index (χ4n) is 1.13. The average molecular weight is 243 g/mol. The number of Topliss-reactive ketones (excluding diaryl/α,β-unsaturated/α-hetero) is 1. The third-order valence-corrected chi connectivity index (χ3v) is 3.14. The molecule has 88 valence electrons. The third kappa shape index (κ3) is 4.09. The van der Waals surface area contributed by atoms with Gasteiger partial charge in [-0.15, -0.1) is 0 Å². The maximum Gasteiger partial charge on any atom is 0.219 e. The molecule has 0 spiro atoms. The number of nitrogens with one attached hydrogen (secondary N) is 1. The van der Waals surface area contributed by atoms with E-state index in [0.29, 0.717) is 5.56 Å². The number of carbonyl (C=O) groups excluding carboxylic acids is 1. The van der Waals surface area contributed by atoms with Crippen molar-refractivity contribution in [2.45, 2.75) is 0 Å². The third-order valence-electron chi connectivity index (χ3n) is 1.85. The Labute approximate surface area is 94.2 Å². The molecular formula is C10H13NO4S. The van der Waals surface area contributed by atoms with Crippen LogP contribution in [0.2, 0.25) is 0 Å². The van der Waals surface area contributed by atoms with Gasteiger partial charge in [-0.25, -0.2) is 13.1 Å². The first-order chi connectivity index (χ1) is 7.55. The summed E-state index contributed by atoms with van der Waals surface area (Å²) < 4.78 is 24.8. The molecule has 2 N–H and O–H groups in total. The lowest BCUT2D eigenvalue weighted by atomic mass is 10.2. The van der Waals surface area contributed by atoms with Gasteiger partial charge in [0, 0.05) is 12.1 Å². The monoisotopic (exact) mass is 243 g/mol. The van der Waals surface area contributed by atoms with Crippen LogP contribution in [0.3, 0.4) is 0 Å². The molecule has 0 aliphatic heterocycles. The second kappa shape index (κ2) is 5.74. The predicted octanol–water partition coefficient (Wildman–Crippen LogP) is -0.219. The molecule has 0 aliphatic carbocycles. The molecule has 0 bridgehead atoms. The number of hydrogen-bond donors (Lipinski definition) is 2. The number of benzene rings is 1. The summed E-state index contributed by atoms with van der Waals surface area (Å²) in [5.74, 6) is -1.07. The molecule has 0 aliphatic rings. The van der Waals surface area contributed by atoms with E-state index in [0.717, 1.165) is 0 Å². The minimum atomic E-state index is -3.65. The highest BCUT2D eigenvalue weighted by molar-refractivity contribution is 7.90. The van der Waals surface area contributed by atoms with Gasteiger partial charge in [0.15, 0.2) is 5.78 Å². The van der Waals surface area contributed by atoms with Gasteiger partial charge >= 0.3 is 0 Å². The van der Waals surface area contributed by atoms with E-state index in [9.17, 15) is 13.2 Å². The molecule has 0 saturated carbocycles. The summed E-state index contributed by atoms with van der Waals surface area (Å²) >= 11 is 0. The van der Waals surface area contributed by atoms with Crippen molar-refractivity contribution in [1.82, 2.24) is 4.72 Å². The second-order valence-corrected chi connectivity index (χ2v) is 4.97. The quantitative estimate of drug-likeness (QED) is 0.677. The summed E-state index contributed by atoms with van der Waals surface area (Å²) in [6, 6.07) is 8.20. The smallest absolute Gasteiger partial charge is 0.219 e. The van der Waals surface area contributed by atoms with Gasteiger partial charge in [-0.3, -0.25) is 4.79 Å². The molecule has 16 heavy (non-hydrogen) atoms. The summed E-state index contributed by atoms with van der Waals surface area (Å²) in [7, 11) is -3.65. The van der Waals surface area contributed by atoms with Crippen LogP contribution < -0.4 is 4.72 Å². The normalized spacial score (nSPS) is 11.3. The molecule has 0 aromatic heterocycles. The summed E-state index contributed by atoms with van der Waals surface area (Å²) in [6.45, 7) is -0.372. The highest BCUT2D eigenvalue weighted by Crippen LogP contribution is 2.01. The number of rotatable bonds is 6. The van der Waals surface area contributed by atoms with Crippen LogP contribution in [0, 0.1) is 0 Å². The first-order valence-electron chi connectivity index (χ1n) is 4.71. The van der Waals surface area contributed by atoms with Crippen LogP contribution in [-0.4, -0.2) is 38.2 Å². The van der Waals surface area contributed by atoms with Crippen molar-refractivity contribution >= 4 is 15.8 Å². The van der Waals surface area contributed by atoms with Crippen LogP contribution in [0.15, 0.2) is 30.3 Å². The lowest BCUT2D eigenvalue weighted by Crippen LogP contribution is -2.32. The van der Waals surface area contributed by atoms with Crippen LogP contribution in [0.5, 0.6) is 0 Å². The topological polar surface area (TPSA) is 83.5 Å². The van der Waals surface area contributed by atoms with Crippen LogP contribution >= 0.6 is 0 Å². The molecule has 0 radical (unpaired) electrons. The number of aliphatic hydroxyl groups is 1. The predicted molar refractivity (Wildman–Crippen MR) is 59.6 cm³/mol. The number of hydrogen-bond acceptors (Lipinski definition) is 4. The van der Waals surface area contributed by atoms with Crippen molar-refractivity contribution in [3.05, 3.63) is 35.9 Å². The first-order valence-corrected chi connectivity index (χ1v) is 6.37. The van der Waals surface area contributed by atoms with Crippen LogP contribution in [0.1, 0.15) is 10.4 Å². The molecule has 1 aromatic carbocycles. The van der Waals surface area contributed by atoms with E-state index in [4.69, 9.17) is 5.11 Å². The van der Waals surface area contributed by atoms with Crippen LogP contribution in [-0.2, 0) is 10.0 Å². The Morgan fingerprint density at radius 2 is 1.88 bits per heavy atom. The maximum atomic E-state index is 11.5. The SMILES string of the molecule is O=C(CS(=O)(=O)NCCO)c1ccccc1. The number of sulfonamides is 1. The molecule has 5 nitrogen and oxygen atoms in total. The molecule has 0 saturated heterocycles. The van der Waals surface area contributed by atoms with Crippen molar-refractivity contribution in [1.29, 1.82) is 0 Å². The number of aliphatic hydroxyl groups excluding tert-OH is 1. The maximum absolute atomic E-state index is 11.5. The van der Waals surface area contributed by atoms with Gasteiger partial charge in [0.1, 0.15) is 5.75 Å². The Morgan fingerprint density at radius 1 is 1.25 bits per heavy atom. The van der Waals surface area contributed by atoms with Gasteiger partial charge in [0.25, 0.3) is 0 Å². The lowest BCUT2D eigenvalue weighted by Gasteiger charge is -2.04. The Balaban J connectivity index is 2.65. The average Bonchev–Trinajstić information content (AvgIpc) is 2.27. The van der Waals surface area contributed by atoms with Crippen LogP contribution in [0.4, 0.5) is 0 Å². The Bertz CT molecular complexity index is 441. The zero-order valence-electron chi connectivity index (χ0n) is 8.59. The van der Waals surface area contributed by atoms with E-state index in [1.54, 1.807) is 30.3 Å². The van der Waals surface area contributed by atoms with Crippen molar-refractivity contribution in [3.63, 3.8) is 0 Å². The van der Waals surface area contributed by atoms with Crippen LogP contribution in [0.25, 0.3) is 0 Å². The fourth-order valence-corrected chi connectivity index (χ4v) is 2.15. The highest BCUT2D eigenvalue weighted by atomic mass is 32.2. The van der Waals surface area contributed by atoms with E-state index in [1.165, 1.54) is 0 Å². The molecule has 0 amide bonds. The van der Waals surface area contributed by atoms with E-state index in [1.807, 2.05) is 0 Å². The van der Waals surface area contributed by atoms with Gasteiger partial charge in [-0.1, -0.05) is 30.3 Å². The van der Waals surface area contributed by atoms with Gasteiger partial charge < -0.3 is 5.11 Å². The molecule has 1 aromatic rings. The molecule has 1 rings (SSSR count). The van der Waals surface area contributed by atoms with E-state index >= 15 is 0 Å². The standard InChI is InChI=1S/C10H13NO4S/c12-7-6-11-16(14,15)8-10(13)9-4-2-1-3-5-9/h1-5,11-12H,6-8H2. The zero-order valence-corrected chi connectivity index (χ0v) is 9.40. The Hall–Kier alpha value is -1.24.